The van der Waals surface area contributed by atoms with E-state index in [1.807, 2.05) is 0 Å². The molecule has 0 spiro atoms. The van der Waals surface area contributed by atoms with Gasteiger partial charge in [0, 0.05) is 0 Å². The van der Waals surface area contributed by atoms with Crippen molar-refractivity contribution < 1.29 is 4.74 Å². The van der Waals surface area contributed by atoms with Crippen LogP contribution in [0.25, 0.3) is 0 Å². The lowest BCUT2D eigenvalue weighted by Gasteiger charge is -2.34. The molecule has 1 heterocycles. The van der Waals surface area contributed by atoms with E-state index in [4.69, 9.17) is 4.74 Å². The zero-order valence-electron chi connectivity index (χ0n) is 9.82. The van der Waals surface area contributed by atoms with Crippen molar-refractivity contribution in [1.82, 2.24) is 0 Å². The van der Waals surface area contributed by atoms with Crippen molar-refractivity contribution in [3.05, 3.63) is 29.8 Å². The van der Waals surface area contributed by atoms with Crippen LogP contribution < -0.4 is 4.74 Å². The topological polar surface area (TPSA) is 9.23 Å². The Morgan fingerprint density at radius 3 is 2.62 bits per heavy atom. The molecule has 1 atom stereocenters. The van der Waals surface area contributed by atoms with E-state index in [1.165, 1.54) is 50.5 Å². The molecule has 0 bridgehead atoms. The number of ether oxygens (including phenoxy) is 1. The van der Waals surface area contributed by atoms with Crippen molar-refractivity contribution in [2.45, 2.75) is 51.0 Å². The Hall–Kier alpha value is -0.980. The van der Waals surface area contributed by atoms with Crippen molar-refractivity contribution in [3.63, 3.8) is 0 Å². The zero-order valence-corrected chi connectivity index (χ0v) is 9.82. The normalized spacial score (nSPS) is 25.9. The van der Waals surface area contributed by atoms with Crippen LogP contribution in [0.1, 0.15) is 44.1 Å². The molecule has 16 heavy (non-hydrogen) atoms. The molecule has 1 aromatic carbocycles. The number of para-hydroxylation sites is 1. The van der Waals surface area contributed by atoms with Crippen LogP contribution in [-0.4, -0.2) is 6.10 Å². The average Bonchev–Trinajstić information content (AvgIpc) is 2.39. The van der Waals surface area contributed by atoms with Crippen LogP contribution in [0.2, 0.25) is 0 Å². The maximum absolute atomic E-state index is 6.17. The number of rotatable bonds is 1. The molecule has 3 rings (SSSR count). The van der Waals surface area contributed by atoms with Crippen LogP contribution in [0.4, 0.5) is 0 Å². The number of hydrogen-bond acceptors (Lipinski definition) is 1. The Morgan fingerprint density at radius 1 is 0.938 bits per heavy atom. The van der Waals surface area contributed by atoms with Gasteiger partial charge in [-0.05, 0) is 43.2 Å². The van der Waals surface area contributed by atoms with E-state index >= 15 is 0 Å². The van der Waals surface area contributed by atoms with E-state index in [0.717, 1.165) is 11.7 Å². The highest BCUT2D eigenvalue weighted by Crippen LogP contribution is 2.35. The first kappa shape index (κ1) is 10.2. The first-order chi connectivity index (χ1) is 7.93. The van der Waals surface area contributed by atoms with Gasteiger partial charge < -0.3 is 4.74 Å². The standard InChI is InChI=1S/C15H20O/c1-2-6-12(7-3-1)15-11-10-13-8-4-5-9-14(13)16-15/h4-5,8-9,12,15H,1-3,6-7,10-11H2/t15-/m0/s1. The third-order valence-corrected chi connectivity index (χ3v) is 4.12. The lowest BCUT2D eigenvalue weighted by molar-refractivity contribution is 0.0880. The van der Waals surface area contributed by atoms with E-state index in [0.29, 0.717) is 6.10 Å². The average molecular weight is 216 g/mol. The molecule has 0 amide bonds. The Balaban J connectivity index is 1.72. The first-order valence-electron chi connectivity index (χ1n) is 6.68. The Bertz CT molecular complexity index is 352. The number of benzene rings is 1. The molecule has 1 nitrogen and oxygen atoms in total. The molecule has 0 saturated heterocycles. The predicted molar refractivity (Wildman–Crippen MR) is 65.8 cm³/mol. The van der Waals surface area contributed by atoms with Crippen molar-refractivity contribution in [1.29, 1.82) is 0 Å². The summed E-state index contributed by atoms with van der Waals surface area (Å²) in [7, 11) is 0. The fraction of sp³-hybridized carbons (Fsp3) is 0.600. The van der Waals surface area contributed by atoms with Crippen molar-refractivity contribution in [2.75, 3.05) is 0 Å². The second-order valence-electron chi connectivity index (χ2n) is 5.20. The summed E-state index contributed by atoms with van der Waals surface area (Å²) in [5.41, 5.74) is 1.40. The van der Waals surface area contributed by atoms with E-state index in [9.17, 15) is 0 Å². The van der Waals surface area contributed by atoms with Gasteiger partial charge in [0.2, 0.25) is 0 Å². The van der Waals surface area contributed by atoms with E-state index in [2.05, 4.69) is 24.3 Å². The maximum Gasteiger partial charge on any atom is 0.122 e. The second-order valence-corrected chi connectivity index (χ2v) is 5.20. The lowest BCUT2D eigenvalue weighted by Crippen LogP contribution is -2.32. The molecule has 1 fully saturated rings. The third-order valence-electron chi connectivity index (χ3n) is 4.12. The summed E-state index contributed by atoms with van der Waals surface area (Å²) in [6.07, 6.45) is 9.94. The minimum Gasteiger partial charge on any atom is -0.490 e. The highest BCUT2D eigenvalue weighted by molar-refractivity contribution is 5.35. The Labute approximate surface area is 97.8 Å². The molecule has 1 aliphatic heterocycles. The summed E-state index contributed by atoms with van der Waals surface area (Å²) >= 11 is 0. The second kappa shape index (κ2) is 4.48. The molecule has 86 valence electrons. The predicted octanol–water partition coefficient (Wildman–Crippen LogP) is 3.96. The SMILES string of the molecule is c1ccc2c(c1)CC[C@@H](C1CCCCC1)O2. The molecular formula is C15H20O. The van der Waals surface area contributed by atoms with Crippen molar-refractivity contribution >= 4 is 0 Å². The van der Waals surface area contributed by atoms with Crippen LogP contribution in [0.3, 0.4) is 0 Å². The molecule has 0 radical (unpaired) electrons. The highest BCUT2D eigenvalue weighted by atomic mass is 16.5. The number of aryl methyl sites for hydroxylation is 1. The van der Waals surface area contributed by atoms with Gasteiger partial charge in [-0.1, -0.05) is 37.5 Å². The Morgan fingerprint density at radius 2 is 1.75 bits per heavy atom. The van der Waals surface area contributed by atoms with Crippen LogP contribution in [0.5, 0.6) is 5.75 Å². The van der Waals surface area contributed by atoms with E-state index in [-0.39, 0.29) is 0 Å². The van der Waals surface area contributed by atoms with Gasteiger partial charge in [-0.25, -0.2) is 0 Å². The minimum atomic E-state index is 0.496. The quantitative estimate of drug-likeness (QED) is 0.690. The van der Waals surface area contributed by atoms with Gasteiger partial charge in [-0.15, -0.1) is 0 Å². The monoisotopic (exact) mass is 216 g/mol. The van der Waals surface area contributed by atoms with Gasteiger partial charge in [0.05, 0.1) is 0 Å². The summed E-state index contributed by atoms with van der Waals surface area (Å²) in [6, 6.07) is 8.53. The summed E-state index contributed by atoms with van der Waals surface area (Å²) in [6.45, 7) is 0. The van der Waals surface area contributed by atoms with Crippen molar-refractivity contribution in [3.8, 4) is 5.75 Å². The van der Waals surface area contributed by atoms with Crippen LogP contribution in [-0.2, 0) is 6.42 Å². The van der Waals surface area contributed by atoms with E-state index < -0.39 is 0 Å². The third kappa shape index (κ3) is 1.95. The smallest absolute Gasteiger partial charge is 0.122 e. The van der Waals surface area contributed by atoms with Crippen LogP contribution >= 0.6 is 0 Å². The molecule has 1 aromatic rings. The number of hydrogen-bond donors (Lipinski definition) is 0. The van der Waals surface area contributed by atoms with Gasteiger partial charge >= 0.3 is 0 Å². The molecule has 1 aliphatic carbocycles. The fourth-order valence-electron chi connectivity index (χ4n) is 3.18. The zero-order chi connectivity index (χ0) is 10.8. The molecule has 0 unspecified atom stereocenters. The van der Waals surface area contributed by atoms with Gasteiger partial charge in [0.1, 0.15) is 11.9 Å². The van der Waals surface area contributed by atoms with E-state index in [1.54, 1.807) is 0 Å². The highest BCUT2D eigenvalue weighted by Gasteiger charge is 2.28. The summed E-state index contributed by atoms with van der Waals surface area (Å²) in [5, 5.41) is 0. The van der Waals surface area contributed by atoms with Crippen LogP contribution in [0.15, 0.2) is 24.3 Å². The van der Waals surface area contributed by atoms with Gasteiger partial charge in [0.15, 0.2) is 0 Å². The van der Waals surface area contributed by atoms with Crippen molar-refractivity contribution in [2.24, 2.45) is 5.92 Å². The van der Waals surface area contributed by atoms with Gasteiger partial charge in [-0.3, -0.25) is 0 Å². The van der Waals surface area contributed by atoms with Gasteiger partial charge in [0.25, 0.3) is 0 Å². The summed E-state index contributed by atoms with van der Waals surface area (Å²) in [4.78, 5) is 0. The minimum absolute atomic E-state index is 0.496. The molecule has 1 heteroatoms. The summed E-state index contributed by atoms with van der Waals surface area (Å²) in [5.74, 6) is 1.96. The fourth-order valence-corrected chi connectivity index (χ4v) is 3.18. The van der Waals surface area contributed by atoms with Crippen LogP contribution in [0, 0.1) is 5.92 Å². The molecule has 2 aliphatic rings. The summed E-state index contributed by atoms with van der Waals surface area (Å²) < 4.78 is 6.17. The molecule has 0 N–H and O–H groups in total. The Kier molecular flexibility index (Phi) is 2.86. The van der Waals surface area contributed by atoms with Gasteiger partial charge in [-0.2, -0.15) is 0 Å². The molecular weight excluding hydrogens is 196 g/mol. The lowest BCUT2D eigenvalue weighted by atomic mass is 9.82. The largest absolute Gasteiger partial charge is 0.490 e. The first-order valence-corrected chi connectivity index (χ1v) is 6.68. The number of fused-ring (bicyclic) bond motifs is 1. The molecule has 0 aromatic heterocycles. The molecule has 1 saturated carbocycles. The maximum atomic E-state index is 6.17.